The van der Waals surface area contributed by atoms with Gasteiger partial charge < -0.3 is 41.1 Å². The van der Waals surface area contributed by atoms with Gasteiger partial charge in [-0.2, -0.15) is 0 Å². The predicted molar refractivity (Wildman–Crippen MR) is 271 cm³/mol. The molecular weight excluding hydrogens is 965 g/mol. The van der Waals surface area contributed by atoms with Gasteiger partial charge in [-0.15, -0.1) is 5.10 Å². The number of carbonyl (C=O) groups is 6. The number of nitrogens with one attached hydrogen (secondary N) is 4. The Bertz CT molecular complexity index is 2890. The van der Waals surface area contributed by atoms with Crippen LogP contribution in [0.2, 0.25) is 0 Å². The van der Waals surface area contributed by atoms with E-state index < -0.39 is 58.5 Å². The van der Waals surface area contributed by atoms with E-state index in [2.05, 4.69) is 31.6 Å². The molecule has 0 radical (unpaired) electrons. The van der Waals surface area contributed by atoms with Gasteiger partial charge in [0, 0.05) is 74.0 Å². The fraction of sp³-hybridized carbons (Fsp3) is 0.423. The molecule has 4 amide bonds. The second-order valence-corrected chi connectivity index (χ2v) is 18.3. The molecule has 74 heavy (non-hydrogen) atoms. The molecule has 0 saturated heterocycles. The number of halogens is 4. The summed E-state index contributed by atoms with van der Waals surface area (Å²) < 4.78 is 58.7. The first-order chi connectivity index (χ1) is 35.2. The number of unbranched alkanes of at least 4 members (excludes halogenated alkanes) is 11. The Morgan fingerprint density at radius 3 is 1.51 bits per heavy atom. The number of Topliss-reactive ketones (excluding diaryl/α,β-unsaturated/α-hetero) is 2. The lowest BCUT2D eigenvalue weighted by Crippen LogP contribution is -2.36. The summed E-state index contributed by atoms with van der Waals surface area (Å²) in [4.78, 5) is 78.3. The van der Waals surface area contributed by atoms with Crippen molar-refractivity contribution >= 4 is 46.6 Å². The van der Waals surface area contributed by atoms with Gasteiger partial charge in [-0.25, -0.2) is 23.4 Å². The summed E-state index contributed by atoms with van der Waals surface area (Å²) in [7, 11) is 3.12. The molecule has 0 aliphatic heterocycles. The van der Waals surface area contributed by atoms with Crippen LogP contribution in [0, 0.1) is 51.0 Å². The average Bonchev–Trinajstić information content (AvgIpc) is 3.98. The standard InChI is InChI=1S/C52H66F4N12O6/c1-31-43(33(3)65(5)45(31)49(71)61-36-19-21-39(53)41(55)25-36)47(69)51(73)59-27-35(57)29-67(58)23-17-15-13-11-9-7-8-10-12-14-16-18-24-68-30-38(63-64-68)28-60-52(74)48(70)44-32(2)46(66(6)34(44)4)50(72)62-37-20-22-40(54)42(56)26-37/h19-22,25-26,29-30H,7-18,23-24,27-28,57-58H2,1-6H3,(H,59,73)(H,60,74)(H,61,71)(H,62,72)/b35-29-. The molecule has 0 bridgehead atoms. The molecule has 0 fully saturated rings. The van der Waals surface area contributed by atoms with Gasteiger partial charge in [0.2, 0.25) is 0 Å². The first kappa shape index (κ1) is 57.3. The van der Waals surface area contributed by atoms with Gasteiger partial charge >= 0.3 is 0 Å². The van der Waals surface area contributed by atoms with Crippen molar-refractivity contribution in [3.05, 3.63) is 128 Å². The molecule has 0 aliphatic rings. The number of carbonyl (C=O) groups excluding carboxylic acids is 6. The second-order valence-electron chi connectivity index (χ2n) is 18.3. The molecule has 5 aromatic rings. The summed E-state index contributed by atoms with van der Waals surface area (Å²) in [5, 5.41) is 19.8. The molecule has 3 aromatic heterocycles. The second kappa shape index (κ2) is 26.9. The molecule has 398 valence electrons. The maximum atomic E-state index is 13.7. The van der Waals surface area contributed by atoms with E-state index in [9.17, 15) is 46.3 Å². The van der Waals surface area contributed by atoms with Gasteiger partial charge in [-0.1, -0.05) is 69.4 Å². The predicted octanol–water partition coefficient (Wildman–Crippen LogP) is 7.40. The van der Waals surface area contributed by atoms with Gasteiger partial charge in [0.1, 0.15) is 17.1 Å². The van der Waals surface area contributed by atoms with E-state index in [1.54, 1.807) is 45.7 Å². The minimum Gasteiger partial charge on any atom is -0.399 e. The fourth-order valence-corrected chi connectivity index (χ4v) is 8.72. The maximum Gasteiger partial charge on any atom is 0.292 e. The molecule has 18 nitrogen and oxygen atoms in total. The van der Waals surface area contributed by atoms with Crippen LogP contribution in [-0.2, 0) is 36.8 Å². The zero-order chi connectivity index (χ0) is 54.2. The topological polar surface area (TPSA) is 246 Å². The summed E-state index contributed by atoms with van der Waals surface area (Å²) in [6.45, 7) is 7.34. The molecule has 0 saturated carbocycles. The third kappa shape index (κ3) is 15.2. The Balaban J connectivity index is 0.879. The number of nitrogens with two attached hydrogens (primary N) is 2. The highest BCUT2D eigenvalue weighted by Gasteiger charge is 2.30. The van der Waals surface area contributed by atoms with Crippen LogP contribution < -0.4 is 32.8 Å². The van der Waals surface area contributed by atoms with Crippen LogP contribution in [0.1, 0.15) is 147 Å². The van der Waals surface area contributed by atoms with Gasteiger partial charge in [0.15, 0.2) is 23.3 Å². The van der Waals surface area contributed by atoms with E-state index in [0.29, 0.717) is 30.2 Å². The Morgan fingerprint density at radius 2 is 1.05 bits per heavy atom. The van der Waals surface area contributed by atoms with Crippen molar-refractivity contribution in [1.29, 1.82) is 0 Å². The maximum absolute atomic E-state index is 13.7. The zero-order valence-electron chi connectivity index (χ0n) is 42.7. The van der Waals surface area contributed by atoms with Crippen molar-refractivity contribution in [2.45, 2.75) is 118 Å². The van der Waals surface area contributed by atoms with E-state index in [0.717, 1.165) is 82.1 Å². The van der Waals surface area contributed by atoms with Gasteiger partial charge in [-0.3, -0.25) is 33.4 Å². The number of benzene rings is 2. The van der Waals surface area contributed by atoms with Gasteiger partial charge in [-0.05, 0) is 75.9 Å². The van der Waals surface area contributed by atoms with Crippen LogP contribution in [0.4, 0.5) is 28.9 Å². The number of hydrazine groups is 1. The summed E-state index contributed by atoms with van der Waals surface area (Å²) in [6.07, 6.45) is 16.2. The van der Waals surface area contributed by atoms with Crippen molar-refractivity contribution in [1.82, 2.24) is 39.8 Å². The molecule has 8 N–H and O–H groups in total. The lowest BCUT2D eigenvalue weighted by Gasteiger charge is -2.15. The normalized spacial score (nSPS) is 11.4. The highest BCUT2D eigenvalue weighted by atomic mass is 19.2. The Labute approximate surface area is 427 Å². The van der Waals surface area contributed by atoms with Crippen LogP contribution in [0.5, 0.6) is 0 Å². The Kier molecular flexibility index (Phi) is 20.8. The molecule has 0 unspecified atom stereocenters. The average molecular weight is 1030 g/mol. The third-order valence-electron chi connectivity index (χ3n) is 12.9. The number of nitrogens with zero attached hydrogens (tertiary/aromatic N) is 6. The van der Waals surface area contributed by atoms with Crippen LogP contribution in [0.25, 0.3) is 0 Å². The van der Waals surface area contributed by atoms with Crippen molar-refractivity contribution < 1.29 is 46.3 Å². The number of ketones is 2. The van der Waals surface area contributed by atoms with Crippen molar-refractivity contribution in [3.63, 3.8) is 0 Å². The van der Waals surface area contributed by atoms with Crippen molar-refractivity contribution in [3.8, 4) is 0 Å². The van der Waals surface area contributed by atoms with Gasteiger partial charge in [0.25, 0.3) is 35.2 Å². The highest BCUT2D eigenvalue weighted by Crippen LogP contribution is 2.26. The highest BCUT2D eigenvalue weighted by molar-refractivity contribution is 6.44. The first-order valence-corrected chi connectivity index (χ1v) is 24.6. The largest absolute Gasteiger partial charge is 0.399 e. The zero-order valence-corrected chi connectivity index (χ0v) is 42.7. The molecule has 3 heterocycles. The number of hydrogen-bond donors (Lipinski definition) is 6. The SMILES string of the molecule is Cc1c(C(=O)C(=O)NC/C(N)=C/N(N)CCCCCCCCCCCCCCn2cc(CNC(=O)C(=O)c3c(C)c(C(=O)Nc4ccc(F)c(F)c4)n(C)c3C)nn2)c(C)n(C)c1C(=O)Nc1ccc(F)c(F)c1. The van der Waals surface area contributed by atoms with Crippen LogP contribution in [-0.4, -0.2) is 77.4 Å². The number of hydrogen-bond acceptors (Lipinski definition) is 11. The van der Waals surface area contributed by atoms with E-state index in [4.69, 9.17) is 11.6 Å². The number of amides is 4. The molecule has 2 aromatic carbocycles. The fourth-order valence-electron chi connectivity index (χ4n) is 8.72. The summed E-state index contributed by atoms with van der Waals surface area (Å²) >= 11 is 0. The van der Waals surface area contributed by atoms with Crippen LogP contribution in [0.15, 0.2) is 54.5 Å². The van der Waals surface area contributed by atoms with Crippen molar-refractivity contribution in [2.24, 2.45) is 25.7 Å². The van der Waals surface area contributed by atoms with E-state index in [-0.39, 0.29) is 63.8 Å². The number of aromatic nitrogens is 5. The molecule has 5 rings (SSSR count). The number of rotatable bonds is 28. The summed E-state index contributed by atoms with van der Waals surface area (Å²) in [5.74, 6) is -3.05. The third-order valence-corrected chi connectivity index (χ3v) is 12.9. The lowest BCUT2D eigenvalue weighted by molar-refractivity contribution is -0.117. The Hall–Kier alpha value is -7.62. The molecule has 0 atom stereocenters. The van der Waals surface area contributed by atoms with E-state index in [1.807, 2.05) is 0 Å². The number of aryl methyl sites for hydroxylation is 1. The summed E-state index contributed by atoms with van der Waals surface area (Å²) in [6, 6.07) is 5.89. The molecule has 0 spiro atoms. The Morgan fingerprint density at radius 1 is 0.622 bits per heavy atom. The number of anilines is 2. The van der Waals surface area contributed by atoms with E-state index in [1.165, 1.54) is 58.7 Å². The van der Waals surface area contributed by atoms with Crippen molar-refractivity contribution in [2.75, 3.05) is 23.7 Å². The first-order valence-electron chi connectivity index (χ1n) is 24.6. The van der Waals surface area contributed by atoms with Crippen LogP contribution >= 0.6 is 0 Å². The quantitative estimate of drug-likeness (QED) is 0.00719. The van der Waals surface area contributed by atoms with Gasteiger partial charge in [0.05, 0.1) is 30.4 Å². The molecular formula is C52H66F4N12O6. The minimum absolute atomic E-state index is 0.0168. The van der Waals surface area contributed by atoms with Crippen LogP contribution in [0.3, 0.4) is 0 Å². The minimum atomic E-state index is -1.13. The molecule has 22 heteroatoms. The monoisotopic (exact) mass is 1030 g/mol. The van der Waals surface area contributed by atoms with E-state index >= 15 is 0 Å². The smallest absolute Gasteiger partial charge is 0.292 e. The lowest BCUT2D eigenvalue weighted by atomic mass is 10.0. The molecule has 0 aliphatic carbocycles. The summed E-state index contributed by atoms with van der Waals surface area (Å²) in [5.41, 5.74) is 8.44.